The zero-order valence-electron chi connectivity index (χ0n) is 20.0. The van der Waals surface area contributed by atoms with E-state index < -0.39 is 41.5 Å². The van der Waals surface area contributed by atoms with Crippen molar-refractivity contribution in [1.29, 1.82) is 0 Å². The number of carbonyl (C=O) groups is 1. The lowest BCUT2D eigenvalue weighted by Crippen LogP contribution is -2.60. The molecular formula is C23H23ClF4N6O3. The van der Waals surface area contributed by atoms with Crippen molar-refractivity contribution in [3.8, 4) is 0 Å². The Kier molecular flexibility index (Phi) is 6.90. The second kappa shape index (κ2) is 9.54. The number of nitrogens with zero attached hydrogens (tertiary/aromatic N) is 4. The molecule has 9 nitrogen and oxygen atoms in total. The van der Waals surface area contributed by atoms with E-state index in [0.717, 1.165) is 13.0 Å². The summed E-state index contributed by atoms with van der Waals surface area (Å²) in [5, 5.41) is 2.56. The van der Waals surface area contributed by atoms with Crippen LogP contribution in [-0.4, -0.2) is 58.4 Å². The van der Waals surface area contributed by atoms with Gasteiger partial charge in [0.1, 0.15) is 34.4 Å². The average molecular weight is 543 g/mol. The molecule has 0 fully saturated rings. The molecule has 0 bridgehead atoms. The summed E-state index contributed by atoms with van der Waals surface area (Å²) in [6.45, 7) is 2.44. The fraction of sp³-hybridized carbons (Fsp3) is 0.391. The summed E-state index contributed by atoms with van der Waals surface area (Å²) >= 11 is 6.32. The minimum Gasteiger partial charge on any atom is -0.385 e. The van der Waals surface area contributed by atoms with Gasteiger partial charge in [-0.05, 0) is 38.1 Å². The molecule has 4 rings (SSSR count). The average Bonchev–Trinajstić information content (AvgIpc) is 3.21. The Labute approximate surface area is 213 Å². The molecule has 37 heavy (non-hydrogen) atoms. The van der Waals surface area contributed by atoms with Gasteiger partial charge in [0.05, 0.1) is 29.3 Å². The van der Waals surface area contributed by atoms with Crippen LogP contribution in [0.15, 0.2) is 35.5 Å². The van der Waals surface area contributed by atoms with Gasteiger partial charge in [0.2, 0.25) is 5.60 Å². The van der Waals surface area contributed by atoms with Crippen molar-refractivity contribution in [3.63, 3.8) is 0 Å². The third kappa shape index (κ3) is 4.86. The maximum Gasteiger partial charge on any atom is 0.424 e. The molecule has 0 radical (unpaired) electrons. The zero-order chi connectivity index (χ0) is 27.2. The number of aromatic nitrogens is 3. The van der Waals surface area contributed by atoms with Gasteiger partial charge < -0.3 is 25.1 Å². The third-order valence-electron chi connectivity index (χ3n) is 6.09. The molecule has 14 heteroatoms. The van der Waals surface area contributed by atoms with Crippen molar-refractivity contribution in [2.75, 3.05) is 25.6 Å². The molecule has 0 spiro atoms. The number of aliphatic imine (C=N–C) groups is 1. The molecule has 1 amide bonds. The number of hydrogen-bond acceptors (Lipinski definition) is 7. The van der Waals surface area contributed by atoms with Crippen molar-refractivity contribution < 1.29 is 31.8 Å². The highest BCUT2D eigenvalue weighted by Gasteiger charge is 2.59. The summed E-state index contributed by atoms with van der Waals surface area (Å²) in [6, 6.07) is 5.49. The van der Waals surface area contributed by atoms with Gasteiger partial charge in [-0.15, -0.1) is 0 Å². The van der Waals surface area contributed by atoms with Crippen LogP contribution in [0.4, 0.5) is 23.4 Å². The molecule has 0 saturated heterocycles. The highest BCUT2D eigenvalue weighted by Crippen LogP contribution is 2.41. The first kappa shape index (κ1) is 26.8. The SMILES string of the molecule is COCCn1ccc2nc(C(=O)Nc3ccc(F)c(C4(C)COC(C)(C(F)(F)F)C(N)=N4)n3)c(Cl)cc21. The molecule has 3 aromatic rings. The highest BCUT2D eigenvalue weighted by molar-refractivity contribution is 6.34. The number of methoxy groups -OCH3 is 1. The van der Waals surface area contributed by atoms with Crippen molar-refractivity contribution in [3.05, 3.63) is 52.7 Å². The van der Waals surface area contributed by atoms with Crippen LogP contribution in [0.5, 0.6) is 0 Å². The minimum atomic E-state index is -4.83. The lowest BCUT2D eigenvalue weighted by atomic mass is 9.93. The van der Waals surface area contributed by atoms with Crippen LogP contribution in [0.1, 0.15) is 30.0 Å². The molecule has 1 aliphatic heterocycles. The first-order chi connectivity index (χ1) is 17.3. The molecule has 4 heterocycles. The van der Waals surface area contributed by atoms with Crippen molar-refractivity contribution >= 4 is 40.2 Å². The smallest absolute Gasteiger partial charge is 0.385 e. The number of nitrogens with two attached hydrogens (primary N) is 1. The molecular weight excluding hydrogens is 520 g/mol. The van der Waals surface area contributed by atoms with E-state index in [-0.39, 0.29) is 22.2 Å². The lowest BCUT2D eigenvalue weighted by Gasteiger charge is -2.40. The van der Waals surface area contributed by atoms with Gasteiger partial charge >= 0.3 is 6.18 Å². The number of ether oxygens (including phenoxy) is 2. The summed E-state index contributed by atoms with van der Waals surface area (Å²) in [5.74, 6) is -2.56. The topological polar surface area (TPSA) is 117 Å². The van der Waals surface area contributed by atoms with Gasteiger partial charge in [-0.2, -0.15) is 13.2 Å². The Morgan fingerprint density at radius 2 is 2.03 bits per heavy atom. The molecule has 3 aromatic heterocycles. The zero-order valence-corrected chi connectivity index (χ0v) is 20.7. The quantitative estimate of drug-likeness (QED) is 0.454. The fourth-order valence-corrected chi connectivity index (χ4v) is 4.04. The molecule has 198 valence electrons. The summed E-state index contributed by atoms with van der Waals surface area (Å²) in [7, 11) is 1.58. The largest absolute Gasteiger partial charge is 0.424 e. The molecule has 0 saturated carbocycles. The van der Waals surface area contributed by atoms with Crippen LogP contribution in [-0.2, 0) is 21.6 Å². The number of rotatable bonds is 6. The predicted molar refractivity (Wildman–Crippen MR) is 128 cm³/mol. The normalized spacial score (nSPS) is 22.2. The number of amides is 1. The van der Waals surface area contributed by atoms with E-state index >= 15 is 0 Å². The van der Waals surface area contributed by atoms with Crippen LogP contribution in [0, 0.1) is 5.82 Å². The Bertz CT molecular complexity index is 1390. The monoisotopic (exact) mass is 542 g/mol. The lowest BCUT2D eigenvalue weighted by molar-refractivity contribution is -0.249. The highest BCUT2D eigenvalue weighted by atomic mass is 35.5. The van der Waals surface area contributed by atoms with Gasteiger partial charge in [-0.3, -0.25) is 9.79 Å². The maximum absolute atomic E-state index is 14.7. The van der Waals surface area contributed by atoms with Gasteiger partial charge in [0.25, 0.3) is 5.91 Å². The number of halogens is 5. The second-order valence-corrected chi connectivity index (χ2v) is 9.20. The minimum absolute atomic E-state index is 0.0705. The summed E-state index contributed by atoms with van der Waals surface area (Å²) in [6.07, 6.45) is -3.05. The van der Waals surface area contributed by atoms with E-state index in [1.54, 1.807) is 25.4 Å². The van der Waals surface area contributed by atoms with E-state index in [0.29, 0.717) is 24.2 Å². The van der Waals surface area contributed by atoms with E-state index in [4.69, 9.17) is 26.8 Å². The van der Waals surface area contributed by atoms with Gasteiger partial charge in [0, 0.05) is 19.9 Å². The first-order valence-corrected chi connectivity index (χ1v) is 11.4. The second-order valence-electron chi connectivity index (χ2n) is 8.80. The Hall–Kier alpha value is -3.29. The Morgan fingerprint density at radius 1 is 1.30 bits per heavy atom. The maximum atomic E-state index is 14.7. The third-order valence-corrected chi connectivity index (χ3v) is 6.38. The standard InChI is InChI=1S/C23H23ClF4N6O3/c1-21(11-37-22(2,20(29)33-21)23(26,27)28)18-13(25)4-5-16(31-18)32-19(35)17-12(24)10-15-14(30-17)6-7-34(15)8-9-36-3/h4-7,10H,8-9,11H2,1-3H3,(H2,29,33)(H,31,32,35). The van der Waals surface area contributed by atoms with Gasteiger partial charge in [-0.25, -0.2) is 14.4 Å². The molecule has 0 aromatic carbocycles. The van der Waals surface area contributed by atoms with Crippen molar-refractivity contribution in [2.45, 2.75) is 37.7 Å². The van der Waals surface area contributed by atoms with Crippen molar-refractivity contribution in [1.82, 2.24) is 14.5 Å². The Balaban J connectivity index is 1.62. The number of pyridine rings is 2. The predicted octanol–water partition coefficient (Wildman–Crippen LogP) is 4.05. The Morgan fingerprint density at radius 3 is 2.68 bits per heavy atom. The number of nitrogens with one attached hydrogen (secondary N) is 1. The van der Waals surface area contributed by atoms with Crippen LogP contribution in [0.2, 0.25) is 5.02 Å². The van der Waals surface area contributed by atoms with E-state index in [1.807, 2.05) is 4.57 Å². The van der Waals surface area contributed by atoms with Gasteiger partial charge in [-0.1, -0.05) is 11.6 Å². The first-order valence-electron chi connectivity index (χ1n) is 11.0. The number of anilines is 1. The fourth-order valence-electron chi connectivity index (χ4n) is 3.81. The number of fused-ring (bicyclic) bond motifs is 1. The number of alkyl halides is 3. The van der Waals surface area contributed by atoms with Crippen LogP contribution in [0.25, 0.3) is 11.0 Å². The number of hydrogen-bond donors (Lipinski definition) is 2. The summed E-state index contributed by atoms with van der Waals surface area (Å²) in [5.41, 5.74) is 1.86. The number of amidine groups is 1. The summed E-state index contributed by atoms with van der Waals surface area (Å²) < 4.78 is 67.0. The number of carbonyl (C=O) groups excluding carboxylic acids is 1. The van der Waals surface area contributed by atoms with E-state index in [2.05, 4.69) is 20.3 Å². The molecule has 1 aliphatic rings. The van der Waals surface area contributed by atoms with E-state index in [9.17, 15) is 22.4 Å². The van der Waals surface area contributed by atoms with Crippen LogP contribution >= 0.6 is 11.6 Å². The van der Waals surface area contributed by atoms with Crippen LogP contribution in [0.3, 0.4) is 0 Å². The molecule has 0 aliphatic carbocycles. The van der Waals surface area contributed by atoms with Crippen molar-refractivity contribution in [2.24, 2.45) is 10.7 Å². The van der Waals surface area contributed by atoms with Gasteiger partial charge in [0.15, 0.2) is 0 Å². The van der Waals surface area contributed by atoms with E-state index in [1.165, 1.54) is 13.0 Å². The van der Waals surface area contributed by atoms with Crippen LogP contribution < -0.4 is 11.1 Å². The summed E-state index contributed by atoms with van der Waals surface area (Å²) in [4.78, 5) is 25.3. The molecule has 3 N–H and O–H groups in total. The molecule has 2 atom stereocenters. The molecule has 2 unspecified atom stereocenters.